The van der Waals surface area contributed by atoms with Crippen LogP contribution in [-0.4, -0.2) is 44.4 Å². The van der Waals surface area contributed by atoms with Gasteiger partial charge in [0.2, 0.25) is 0 Å². The molecule has 0 aromatic carbocycles. The minimum absolute atomic E-state index is 0.0123. The van der Waals surface area contributed by atoms with E-state index in [2.05, 4.69) is 4.98 Å². The van der Waals surface area contributed by atoms with Gasteiger partial charge in [0, 0.05) is 6.20 Å². The third-order valence-corrected chi connectivity index (χ3v) is 2.77. The number of aromatic nitrogens is 2. The molecule has 0 saturated carbocycles. The first-order valence-corrected chi connectivity index (χ1v) is 5.13. The van der Waals surface area contributed by atoms with Gasteiger partial charge in [0.15, 0.2) is 18.1 Å². The molecule has 1 aliphatic rings. The van der Waals surface area contributed by atoms with E-state index in [1.807, 2.05) is 0 Å². The van der Waals surface area contributed by atoms with Gasteiger partial charge in [0.05, 0.1) is 6.61 Å². The van der Waals surface area contributed by atoms with E-state index in [0.29, 0.717) is 0 Å². The molecule has 0 bridgehead atoms. The lowest BCUT2D eigenvalue weighted by Crippen LogP contribution is -2.52. The smallest absolute Gasteiger partial charge is 0.351 e. The van der Waals surface area contributed by atoms with Gasteiger partial charge in [-0.3, -0.25) is 10.3 Å². The van der Waals surface area contributed by atoms with Gasteiger partial charge in [0.1, 0.15) is 11.9 Å². The van der Waals surface area contributed by atoms with Crippen molar-refractivity contribution in [2.45, 2.75) is 24.2 Å². The minimum atomic E-state index is -2.05. The standard InChI is InChI=1S/C9H13FN4O4/c10-6-5(16)7(18-9(6,12)3-15)14-2-1-4(11)13-8(14)17/h1-2,5-7,15-16H,3,12H2,(H2,11,13,17)/t5-,6+,7-,9-/m1/s1. The Kier molecular flexibility index (Phi) is 3.07. The normalized spacial score (nSPS) is 35.9. The number of rotatable bonds is 2. The van der Waals surface area contributed by atoms with Gasteiger partial charge < -0.3 is 20.7 Å². The van der Waals surface area contributed by atoms with Gasteiger partial charge in [0.25, 0.3) is 0 Å². The van der Waals surface area contributed by atoms with Gasteiger partial charge in [-0.25, -0.2) is 9.18 Å². The van der Waals surface area contributed by atoms with Crippen LogP contribution in [0.25, 0.3) is 0 Å². The molecule has 8 nitrogen and oxygen atoms in total. The number of aliphatic hydroxyl groups is 2. The number of aliphatic hydroxyl groups excluding tert-OH is 2. The van der Waals surface area contributed by atoms with Gasteiger partial charge in [-0.05, 0) is 6.07 Å². The lowest BCUT2D eigenvalue weighted by atomic mass is 10.1. The second-order valence-electron chi connectivity index (χ2n) is 4.06. The summed E-state index contributed by atoms with van der Waals surface area (Å²) in [4.78, 5) is 15.0. The maximum Gasteiger partial charge on any atom is 0.351 e. The Hall–Kier alpha value is -1.55. The SMILES string of the molecule is Nc1ccn([C@@H]2O[C@](N)(CO)[C@@H](F)[C@H]2O)c(=O)n1. The van der Waals surface area contributed by atoms with E-state index >= 15 is 0 Å². The molecular weight excluding hydrogens is 247 g/mol. The highest BCUT2D eigenvalue weighted by Crippen LogP contribution is 2.34. The molecule has 6 N–H and O–H groups in total. The molecule has 1 aliphatic heterocycles. The molecule has 0 radical (unpaired) electrons. The highest BCUT2D eigenvalue weighted by molar-refractivity contribution is 5.23. The van der Waals surface area contributed by atoms with Gasteiger partial charge >= 0.3 is 5.69 Å². The van der Waals surface area contributed by atoms with Gasteiger partial charge in [-0.2, -0.15) is 4.98 Å². The summed E-state index contributed by atoms with van der Waals surface area (Å²) in [7, 11) is 0. The van der Waals surface area contributed by atoms with E-state index in [1.54, 1.807) is 0 Å². The monoisotopic (exact) mass is 260 g/mol. The molecule has 2 rings (SSSR count). The quantitative estimate of drug-likeness (QED) is 0.469. The number of nitrogen functional groups attached to an aromatic ring is 1. The van der Waals surface area contributed by atoms with Crippen LogP contribution in [-0.2, 0) is 4.74 Å². The van der Waals surface area contributed by atoms with Crippen LogP contribution in [0.1, 0.15) is 6.23 Å². The Morgan fingerprint density at radius 3 is 2.83 bits per heavy atom. The number of nitrogens with zero attached hydrogens (tertiary/aromatic N) is 2. The Bertz CT molecular complexity index is 510. The van der Waals surface area contributed by atoms with Crippen molar-refractivity contribution in [3.63, 3.8) is 0 Å². The first-order valence-electron chi connectivity index (χ1n) is 5.13. The zero-order chi connectivity index (χ0) is 13.5. The highest BCUT2D eigenvalue weighted by atomic mass is 19.1. The van der Waals surface area contributed by atoms with Crippen LogP contribution in [0.4, 0.5) is 10.2 Å². The molecule has 1 fully saturated rings. The molecule has 0 unspecified atom stereocenters. The molecule has 1 saturated heterocycles. The zero-order valence-corrected chi connectivity index (χ0v) is 9.23. The average molecular weight is 260 g/mol. The summed E-state index contributed by atoms with van der Waals surface area (Å²) < 4.78 is 19.6. The van der Waals surface area contributed by atoms with Crippen LogP contribution in [0, 0.1) is 0 Å². The van der Waals surface area contributed by atoms with E-state index in [0.717, 1.165) is 4.57 Å². The first kappa shape index (κ1) is 12.9. The van der Waals surface area contributed by atoms with Crippen molar-refractivity contribution in [2.75, 3.05) is 12.3 Å². The highest BCUT2D eigenvalue weighted by Gasteiger charge is 2.54. The van der Waals surface area contributed by atoms with Crippen LogP contribution >= 0.6 is 0 Å². The number of hydrogen-bond acceptors (Lipinski definition) is 7. The van der Waals surface area contributed by atoms with Crippen molar-refractivity contribution in [2.24, 2.45) is 5.73 Å². The molecule has 1 aromatic rings. The topological polar surface area (TPSA) is 137 Å². The number of anilines is 1. The summed E-state index contributed by atoms with van der Waals surface area (Å²) in [6.07, 6.45) is -3.88. The number of alkyl halides is 1. The van der Waals surface area contributed by atoms with Crippen molar-refractivity contribution >= 4 is 5.82 Å². The van der Waals surface area contributed by atoms with Gasteiger partial charge in [-0.1, -0.05) is 0 Å². The lowest BCUT2D eigenvalue weighted by molar-refractivity contribution is -0.116. The first-order chi connectivity index (χ1) is 8.39. The number of nitrogens with two attached hydrogens (primary N) is 2. The molecule has 18 heavy (non-hydrogen) atoms. The maximum atomic E-state index is 13.7. The summed E-state index contributed by atoms with van der Waals surface area (Å²) in [6, 6.07) is 1.29. The fourth-order valence-electron chi connectivity index (χ4n) is 1.76. The number of halogens is 1. The van der Waals surface area contributed by atoms with Crippen molar-refractivity contribution in [1.82, 2.24) is 9.55 Å². The van der Waals surface area contributed by atoms with Gasteiger partial charge in [-0.15, -0.1) is 0 Å². The zero-order valence-electron chi connectivity index (χ0n) is 9.23. The predicted octanol–water partition coefficient (Wildman–Crippen LogP) is -2.30. The van der Waals surface area contributed by atoms with Crippen LogP contribution in [0.5, 0.6) is 0 Å². The maximum absolute atomic E-state index is 13.7. The predicted molar refractivity (Wildman–Crippen MR) is 57.9 cm³/mol. The Morgan fingerprint density at radius 1 is 1.67 bits per heavy atom. The van der Waals surface area contributed by atoms with Crippen molar-refractivity contribution in [3.8, 4) is 0 Å². The molecular formula is C9H13FN4O4. The molecule has 9 heteroatoms. The molecule has 0 aliphatic carbocycles. The summed E-state index contributed by atoms with van der Waals surface area (Å²) >= 11 is 0. The van der Waals surface area contributed by atoms with E-state index in [-0.39, 0.29) is 5.82 Å². The van der Waals surface area contributed by atoms with Crippen LogP contribution in [0.2, 0.25) is 0 Å². The van der Waals surface area contributed by atoms with E-state index < -0.39 is 36.5 Å². The van der Waals surface area contributed by atoms with Crippen LogP contribution in [0.3, 0.4) is 0 Å². The fraction of sp³-hybridized carbons (Fsp3) is 0.556. The summed E-state index contributed by atoms with van der Waals surface area (Å²) in [6.45, 7) is -0.834. The number of hydrogen-bond donors (Lipinski definition) is 4. The van der Waals surface area contributed by atoms with E-state index in [9.17, 15) is 14.3 Å². The van der Waals surface area contributed by atoms with Crippen LogP contribution in [0.15, 0.2) is 17.1 Å². The molecule has 4 atom stereocenters. The van der Waals surface area contributed by atoms with Crippen LogP contribution < -0.4 is 17.2 Å². The molecule has 1 aromatic heterocycles. The van der Waals surface area contributed by atoms with Crippen molar-refractivity contribution in [1.29, 1.82) is 0 Å². The second kappa shape index (κ2) is 4.28. The minimum Gasteiger partial charge on any atom is -0.392 e. The third kappa shape index (κ3) is 1.86. The Labute approximate surface area is 101 Å². The molecule has 0 spiro atoms. The van der Waals surface area contributed by atoms with Crippen molar-refractivity contribution in [3.05, 3.63) is 22.7 Å². The molecule has 2 heterocycles. The lowest BCUT2D eigenvalue weighted by Gasteiger charge is -2.23. The summed E-state index contributed by atoms with van der Waals surface area (Å²) in [5.74, 6) is -0.0123. The Balaban J connectivity index is 2.38. The fourth-order valence-corrected chi connectivity index (χ4v) is 1.76. The molecule has 100 valence electrons. The van der Waals surface area contributed by atoms with Crippen molar-refractivity contribution < 1.29 is 19.3 Å². The summed E-state index contributed by atoms with van der Waals surface area (Å²) in [5.41, 5.74) is 7.87. The Morgan fingerprint density at radius 2 is 2.33 bits per heavy atom. The largest absolute Gasteiger partial charge is 0.392 e. The second-order valence-corrected chi connectivity index (χ2v) is 4.06. The third-order valence-electron chi connectivity index (χ3n) is 2.77. The van der Waals surface area contributed by atoms with E-state index in [1.165, 1.54) is 12.3 Å². The summed E-state index contributed by atoms with van der Waals surface area (Å²) in [5, 5.41) is 18.6. The molecule has 0 amide bonds. The average Bonchev–Trinajstić information content (AvgIpc) is 2.55. The van der Waals surface area contributed by atoms with E-state index in [4.69, 9.17) is 21.3 Å². The number of ether oxygens (including phenoxy) is 1.